The average Bonchev–Trinajstić information content (AvgIpc) is 3.18. The highest BCUT2D eigenvalue weighted by Crippen LogP contribution is 2.25. The van der Waals surface area contributed by atoms with Crippen molar-refractivity contribution in [3.8, 4) is 11.5 Å². The smallest absolute Gasteiger partial charge is 0.344 e. The Balaban J connectivity index is 1.47. The number of aryl methyl sites for hydroxylation is 4. The van der Waals surface area contributed by atoms with E-state index < -0.39 is 36.1 Å². The van der Waals surface area contributed by atoms with E-state index in [0.717, 1.165) is 39.8 Å². The molecule has 4 amide bonds. The fourth-order valence-electron chi connectivity index (χ4n) is 7.59. The van der Waals surface area contributed by atoms with Crippen molar-refractivity contribution in [2.75, 3.05) is 26.3 Å². The van der Waals surface area contributed by atoms with Crippen molar-refractivity contribution in [2.45, 2.75) is 91.5 Å². The minimum atomic E-state index is -0.928. The predicted octanol–water partition coefficient (Wildman–Crippen LogP) is 6.57. The molecule has 5 rings (SSSR count). The minimum absolute atomic E-state index is 0.141. The first kappa shape index (κ1) is 43.3. The number of nitrogens with zero attached hydrogens (tertiary/aromatic N) is 1. The molecule has 1 aliphatic rings. The topological polar surface area (TPSA) is 135 Å². The lowest BCUT2D eigenvalue weighted by molar-refractivity contribution is -0.154. The van der Waals surface area contributed by atoms with Crippen molar-refractivity contribution >= 4 is 23.8 Å². The second kappa shape index (κ2) is 21.1. The lowest BCUT2D eigenvalue weighted by Crippen LogP contribution is -2.59. The standard InChI is InChI=1S/C47H58N4O7/c1-31(2)43(51-25-15-24-48-47(51)55)46(54)49-38(26-36-20-9-7-10-21-36)28-40(58-42(53)30-57-45-34(5)18-14-19-35(45)6)39(27-37-22-11-8-12-23-37)50-41(52)29-56-44-32(3)16-13-17-33(44)4/h7-14,16-23,31,38-40,43H,15,24-30H2,1-6H3,(H,48,55)(H,49,54)(H,50,52)/t38-,39-,40-,43-/m0/s1. The minimum Gasteiger partial charge on any atom is -0.483 e. The zero-order valence-corrected chi connectivity index (χ0v) is 34.6. The Bertz CT molecular complexity index is 1950. The van der Waals surface area contributed by atoms with Gasteiger partial charge in [-0.15, -0.1) is 0 Å². The normalized spacial score (nSPS) is 14.7. The molecule has 11 heteroatoms. The maximum Gasteiger partial charge on any atom is 0.344 e. The molecule has 4 aromatic carbocycles. The lowest BCUT2D eigenvalue weighted by Gasteiger charge is -2.37. The molecule has 0 aromatic heterocycles. The molecular weight excluding hydrogens is 733 g/mol. The van der Waals surface area contributed by atoms with Crippen LogP contribution in [0.15, 0.2) is 97.1 Å². The monoisotopic (exact) mass is 790 g/mol. The molecular formula is C47H58N4O7. The summed E-state index contributed by atoms with van der Waals surface area (Å²) < 4.78 is 18.4. The van der Waals surface area contributed by atoms with Gasteiger partial charge in [0.15, 0.2) is 13.2 Å². The van der Waals surface area contributed by atoms with E-state index in [-0.39, 0.29) is 37.5 Å². The fraction of sp³-hybridized carbons (Fsp3) is 0.404. The quantitative estimate of drug-likeness (QED) is 0.0915. The van der Waals surface area contributed by atoms with Crippen molar-refractivity contribution in [1.29, 1.82) is 0 Å². The van der Waals surface area contributed by atoms with Gasteiger partial charge in [0.2, 0.25) is 5.91 Å². The zero-order chi connectivity index (χ0) is 41.6. The van der Waals surface area contributed by atoms with Crippen molar-refractivity contribution in [2.24, 2.45) is 5.92 Å². The fourth-order valence-corrected chi connectivity index (χ4v) is 7.59. The first-order chi connectivity index (χ1) is 27.9. The van der Waals surface area contributed by atoms with Crippen LogP contribution in [0, 0.1) is 33.6 Å². The predicted molar refractivity (Wildman–Crippen MR) is 225 cm³/mol. The molecule has 4 atom stereocenters. The number of ether oxygens (including phenoxy) is 3. The largest absolute Gasteiger partial charge is 0.483 e. The number of urea groups is 1. The van der Waals surface area contributed by atoms with Gasteiger partial charge in [0.05, 0.1) is 6.04 Å². The number of rotatable bonds is 19. The third-order valence-electron chi connectivity index (χ3n) is 10.4. The van der Waals surface area contributed by atoms with Crippen LogP contribution in [0.4, 0.5) is 4.79 Å². The van der Waals surface area contributed by atoms with E-state index >= 15 is 0 Å². The summed E-state index contributed by atoms with van der Waals surface area (Å²) in [6.07, 6.45) is 0.662. The van der Waals surface area contributed by atoms with Gasteiger partial charge in [-0.3, -0.25) is 9.59 Å². The van der Waals surface area contributed by atoms with E-state index in [9.17, 15) is 19.2 Å². The van der Waals surface area contributed by atoms with Gasteiger partial charge in [0, 0.05) is 25.6 Å². The van der Waals surface area contributed by atoms with E-state index in [1.807, 2.05) is 139 Å². The molecule has 58 heavy (non-hydrogen) atoms. The highest BCUT2D eigenvalue weighted by atomic mass is 16.6. The molecule has 4 aromatic rings. The van der Waals surface area contributed by atoms with E-state index in [2.05, 4.69) is 16.0 Å². The van der Waals surface area contributed by atoms with Crippen LogP contribution < -0.4 is 25.4 Å². The van der Waals surface area contributed by atoms with Gasteiger partial charge in [-0.05, 0) is 86.3 Å². The Kier molecular flexibility index (Phi) is 15.7. The summed E-state index contributed by atoms with van der Waals surface area (Å²) in [5.41, 5.74) is 5.45. The molecule has 0 saturated carbocycles. The van der Waals surface area contributed by atoms with Gasteiger partial charge in [0.25, 0.3) is 5.91 Å². The van der Waals surface area contributed by atoms with Crippen molar-refractivity contribution < 1.29 is 33.4 Å². The van der Waals surface area contributed by atoms with E-state index in [1.54, 1.807) is 4.90 Å². The van der Waals surface area contributed by atoms with Gasteiger partial charge < -0.3 is 35.1 Å². The lowest BCUT2D eigenvalue weighted by atomic mass is 9.92. The van der Waals surface area contributed by atoms with Gasteiger partial charge in [-0.25, -0.2) is 9.59 Å². The van der Waals surface area contributed by atoms with Gasteiger partial charge in [0.1, 0.15) is 23.6 Å². The summed E-state index contributed by atoms with van der Waals surface area (Å²) in [6, 6.07) is 28.6. The third kappa shape index (κ3) is 12.3. The molecule has 0 spiro atoms. The number of hydrogen-bond donors (Lipinski definition) is 3. The number of para-hydroxylation sites is 2. The Labute approximate surface area is 342 Å². The number of carbonyl (C=O) groups excluding carboxylic acids is 4. The Morgan fingerprint density at radius 3 is 1.78 bits per heavy atom. The SMILES string of the molecule is Cc1cccc(C)c1OCC(=O)N[C@@H](Cc1ccccc1)[C@H](C[C@H](Cc1ccccc1)NC(=O)[C@H](C(C)C)N1CCCNC1=O)OC(=O)COc1c(C)cccc1C. The van der Waals surface area contributed by atoms with Crippen LogP contribution >= 0.6 is 0 Å². The second-order valence-electron chi connectivity index (χ2n) is 15.5. The summed E-state index contributed by atoms with van der Waals surface area (Å²) in [4.78, 5) is 56.6. The number of amides is 4. The van der Waals surface area contributed by atoms with E-state index in [1.165, 1.54) is 0 Å². The van der Waals surface area contributed by atoms with Crippen LogP contribution in [0.5, 0.6) is 11.5 Å². The number of nitrogens with one attached hydrogen (secondary N) is 3. The Hall–Kier alpha value is -5.84. The molecule has 1 saturated heterocycles. The number of hydrogen-bond acceptors (Lipinski definition) is 7. The van der Waals surface area contributed by atoms with Crippen molar-refractivity contribution in [1.82, 2.24) is 20.9 Å². The molecule has 1 fully saturated rings. The highest BCUT2D eigenvalue weighted by molar-refractivity contribution is 5.88. The second-order valence-corrected chi connectivity index (χ2v) is 15.5. The van der Waals surface area contributed by atoms with Gasteiger partial charge in [-0.2, -0.15) is 0 Å². The molecule has 11 nitrogen and oxygen atoms in total. The van der Waals surface area contributed by atoms with Gasteiger partial charge in [-0.1, -0.05) is 111 Å². The number of benzene rings is 4. The molecule has 0 aliphatic carbocycles. The maximum absolute atomic E-state index is 14.3. The van der Waals surface area contributed by atoms with Crippen LogP contribution in [0.3, 0.4) is 0 Å². The molecule has 0 unspecified atom stereocenters. The molecule has 1 heterocycles. The van der Waals surface area contributed by atoms with Crippen LogP contribution in [0.1, 0.15) is 60.1 Å². The van der Waals surface area contributed by atoms with Crippen LogP contribution in [0.25, 0.3) is 0 Å². The molecule has 1 aliphatic heterocycles. The van der Waals surface area contributed by atoms with E-state index in [0.29, 0.717) is 37.4 Å². The number of esters is 1. The van der Waals surface area contributed by atoms with Gasteiger partial charge >= 0.3 is 12.0 Å². The Morgan fingerprint density at radius 1 is 0.707 bits per heavy atom. The summed E-state index contributed by atoms with van der Waals surface area (Å²) in [5.74, 6) is -0.264. The maximum atomic E-state index is 14.3. The third-order valence-corrected chi connectivity index (χ3v) is 10.4. The summed E-state index contributed by atoms with van der Waals surface area (Å²) in [7, 11) is 0. The summed E-state index contributed by atoms with van der Waals surface area (Å²) in [5, 5.41) is 9.26. The van der Waals surface area contributed by atoms with Crippen LogP contribution in [0.2, 0.25) is 0 Å². The first-order valence-electron chi connectivity index (χ1n) is 20.2. The highest BCUT2D eigenvalue weighted by Gasteiger charge is 2.37. The van der Waals surface area contributed by atoms with Crippen molar-refractivity contribution in [3.05, 3.63) is 130 Å². The molecule has 308 valence electrons. The molecule has 3 N–H and O–H groups in total. The summed E-state index contributed by atoms with van der Waals surface area (Å²) >= 11 is 0. The average molecular weight is 791 g/mol. The Morgan fingerprint density at radius 2 is 1.24 bits per heavy atom. The zero-order valence-electron chi connectivity index (χ0n) is 34.6. The number of carbonyl (C=O) groups is 4. The van der Waals surface area contributed by atoms with Crippen molar-refractivity contribution in [3.63, 3.8) is 0 Å². The van der Waals surface area contributed by atoms with Crippen LogP contribution in [-0.4, -0.2) is 79.2 Å². The van der Waals surface area contributed by atoms with Crippen LogP contribution in [-0.2, 0) is 32.0 Å². The van der Waals surface area contributed by atoms with E-state index in [4.69, 9.17) is 14.2 Å². The summed E-state index contributed by atoms with van der Waals surface area (Å²) in [6.45, 7) is 11.9. The molecule has 0 radical (unpaired) electrons. The first-order valence-corrected chi connectivity index (χ1v) is 20.2. The molecule has 0 bridgehead atoms.